The minimum Gasteiger partial charge on any atom is -0.309 e. The van der Waals surface area contributed by atoms with Gasteiger partial charge in [-0.15, -0.1) is 0 Å². The van der Waals surface area contributed by atoms with Gasteiger partial charge in [0.2, 0.25) is 0 Å². The predicted molar refractivity (Wildman–Crippen MR) is 263 cm³/mol. The number of nitrogens with zero attached hydrogens (tertiary/aromatic N) is 4. The van der Waals surface area contributed by atoms with Gasteiger partial charge in [0.05, 0.1) is 55.5 Å². The molecule has 5 heterocycles. The Balaban J connectivity index is 1.15. The second-order valence-electron chi connectivity index (χ2n) is 16.8. The average Bonchev–Trinajstić information content (AvgIpc) is 3.99. The van der Waals surface area contributed by atoms with Crippen molar-refractivity contribution in [1.82, 2.24) is 18.4 Å². The third kappa shape index (κ3) is 4.95. The first-order valence-electron chi connectivity index (χ1n) is 21.6. The summed E-state index contributed by atoms with van der Waals surface area (Å²) in [4.78, 5) is 5.44. The summed E-state index contributed by atoms with van der Waals surface area (Å²) >= 11 is 0. The summed E-state index contributed by atoms with van der Waals surface area (Å²) in [5.41, 5.74) is 19.1. The van der Waals surface area contributed by atoms with Crippen LogP contribution < -0.4 is 0 Å². The Morgan fingerprint density at radius 2 is 0.683 bits per heavy atom. The van der Waals surface area contributed by atoms with Crippen molar-refractivity contribution in [2.75, 3.05) is 0 Å². The zero-order valence-electron chi connectivity index (χ0n) is 34.1. The Kier molecular flexibility index (Phi) is 7.08. The van der Waals surface area contributed by atoms with Gasteiger partial charge >= 0.3 is 0 Å². The zero-order valence-corrected chi connectivity index (χ0v) is 34.1. The van der Waals surface area contributed by atoms with Crippen molar-refractivity contribution < 1.29 is 0 Å². The largest absolute Gasteiger partial charge is 0.309 e. The second kappa shape index (κ2) is 13.0. The molecule has 63 heavy (non-hydrogen) atoms. The van der Waals surface area contributed by atoms with Crippen molar-refractivity contribution in [2.45, 2.75) is 0 Å². The molecular formula is C59H36N4. The monoisotopic (exact) mass is 800 g/mol. The smallest absolute Gasteiger partial charge is 0.0716 e. The number of fused-ring (bicyclic) bond motifs is 8. The molecule has 0 aliphatic heterocycles. The highest BCUT2D eigenvalue weighted by atomic mass is 15.0. The van der Waals surface area contributed by atoms with Crippen LogP contribution in [0.4, 0.5) is 0 Å². The Morgan fingerprint density at radius 1 is 0.254 bits per heavy atom. The lowest BCUT2D eigenvalue weighted by atomic mass is 9.97. The van der Waals surface area contributed by atoms with E-state index >= 15 is 0 Å². The van der Waals surface area contributed by atoms with Crippen LogP contribution in [-0.4, -0.2) is 18.4 Å². The first-order chi connectivity index (χ1) is 31.2. The first kappa shape index (κ1) is 34.3. The molecule has 0 amide bonds. The number of hydrogen-bond donors (Lipinski definition) is 0. The molecule has 4 heteroatoms. The molecule has 0 radical (unpaired) electrons. The summed E-state index contributed by atoms with van der Waals surface area (Å²) in [6.45, 7) is 0. The zero-order chi connectivity index (χ0) is 41.2. The van der Waals surface area contributed by atoms with Crippen LogP contribution in [0, 0.1) is 0 Å². The number of rotatable bonds is 5. The van der Waals surface area contributed by atoms with Gasteiger partial charge in [0.1, 0.15) is 0 Å². The van der Waals surface area contributed by atoms with Crippen molar-refractivity contribution in [2.24, 2.45) is 0 Å². The van der Waals surface area contributed by atoms with Crippen LogP contribution in [-0.2, 0) is 0 Å². The number of para-hydroxylation sites is 2. The third-order valence-electron chi connectivity index (χ3n) is 13.3. The van der Waals surface area contributed by atoms with Gasteiger partial charge in [-0.3, -0.25) is 0 Å². The topological polar surface area (TPSA) is 26.6 Å². The van der Waals surface area contributed by atoms with Gasteiger partial charge in [-0.2, -0.15) is 0 Å². The quantitative estimate of drug-likeness (QED) is 0.170. The molecule has 0 aliphatic rings. The summed E-state index contributed by atoms with van der Waals surface area (Å²) in [6, 6.07) is 79.8. The van der Waals surface area contributed by atoms with Gasteiger partial charge in [0, 0.05) is 49.1 Å². The lowest BCUT2D eigenvalue weighted by Gasteiger charge is -2.15. The number of aromatic nitrogens is 4. The molecule has 0 saturated carbocycles. The van der Waals surface area contributed by atoms with E-state index in [1.54, 1.807) is 0 Å². The van der Waals surface area contributed by atoms with Crippen LogP contribution in [0.15, 0.2) is 218 Å². The van der Waals surface area contributed by atoms with Gasteiger partial charge < -0.3 is 13.4 Å². The Labute approximate surface area is 362 Å². The van der Waals surface area contributed by atoms with E-state index in [0.717, 1.165) is 61.5 Å². The van der Waals surface area contributed by atoms with Gasteiger partial charge in [-0.25, -0.2) is 4.98 Å². The third-order valence-corrected chi connectivity index (χ3v) is 13.3. The Bertz CT molecular complexity index is 3900. The lowest BCUT2D eigenvalue weighted by molar-refractivity contribution is 1.18. The molecule has 2 bridgehead atoms. The van der Waals surface area contributed by atoms with Crippen LogP contribution in [0.25, 0.3) is 127 Å². The van der Waals surface area contributed by atoms with E-state index in [-0.39, 0.29) is 0 Å². The maximum atomic E-state index is 5.44. The van der Waals surface area contributed by atoms with E-state index in [2.05, 4.69) is 232 Å². The molecule has 14 rings (SSSR count). The highest BCUT2D eigenvalue weighted by molar-refractivity contribution is 6.26. The van der Waals surface area contributed by atoms with Crippen molar-refractivity contribution in [3.63, 3.8) is 0 Å². The van der Waals surface area contributed by atoms with Crippen molar-refractivity contribution >= 4 is 76.5 Å². The van der Waals surface area contributed by atoms with E-state index in [9.17, 15) is 0 Å². The summed E-state index contributed by atoms with van der Waals surface area (Å²) in [5.74, 6) is 0. The van der Waals surface area contributed by atoms with Gasteiger partial charge in [0.15, 0.2) is 0 Å². The van der Waals surface area contributed by atoms with Crippen molar-refractivity contribution in [3.05, 3.63) is 218 Å². The van der Waals surface area contributed by atoms with Crippen LogP contribution in [0.5, 0.6) is 0 Å². The van der Waals surface area contributed by atoms with E-state index in [1.165, 1.54) is 65.4 Å². The van der Waals surface area contributed by atoms with Crippen molar-refractivity contribution in [3.8, 4) is 50.5 Å². The summed E-state index contributed by atoms with van der Waals surface area (Å²) < 4.78 is 7.51. The fourth-order valence-electron chi connectivity index (χ4n) is 10.6. The van der Waals surface area contributed by atoms with E-state index in [1.807, 2.05) is 0 Å². The van der Waals surface area contributed by atoms with E-state index in [4.69, 9.17) is 4.98 Å². The SMILES string of the molecule is c1ccc(-c2cc(-c3cc(-c4ccccc4)cc(-c4ccccc4)n3)cc(-n3c4cccc5c4c4c3cccc4n3c4ccccc4c4cc6c7ccccc7n5c6cc43)c2)cc1. The summed E-state index contributed by atoms with van der Waals surface area (Å²) in [6.07, 6.45) is 0. The lowest BCUT2D eigenvalue weighted by Crippen LogP contribution is -1.98. The standard InChI is InChI=1S/C59H36N4/c1-4-16-37(17-5-1)40-30-42(49-34-41(38-18-6-2-7-19-38)33-48(60-49)39-20-8-3-9-21-39)32-43(31-40)61-52-26-14-28-54-58(52)59-53(61)27-15-29-55(59)63-51-25-13-11-23-45(51)47-35-46-44-22-10-12-24-50(44)62(54)56(46)36-57(47)63/h1-36H. The normalized spacial score (nSPS) is 12.1. The van der Waals surface area contributed by atoms with Crippen LogP contribution in [0.2, 0.25) is 0 Å². The minimum absolute atomic E-state index is 0.923. The highest BCUT2D eigenvalue weighted by Gasteiger charge is 2.23. The molecule has 14 aromatic rings. The first-order valence-corrected chi connectivity index (χ1v) is 21.6. The molecular weight excluding hydrogens is 765 g/mol. The molecule has 0 atom stereocenters. The molecule has 0 unspecified atom stereocenters. The van der Waals surface area contributed by atoms with Crippen LogP contribution >= 0.6 is 0 Å². The average molecular weight is 801 g/mol. The predicted octanol–water partition coefficient (Wildman–Crippen LogP) is 15.4. The number of pyridine rings is 1. The maximum Gasteiger partial charge on any atom is 0.0716 e. The van der Waals surface area contributed by atoms with E-state index in [0.29, 0.717) is 0 Å². The highest BCUT2D eigenvalue weighted by Crippen LogP contribution is 2.44. The maximum absolute atomic E-state index is 5.44. The molecule has 4 nitrogen and oxygen atoms in total. The van der Waals surface area contributed by atoms with E-state index < -0.39 is 0 Å². The molecule has 292 valence electrons. The molecule has 0 N–H and O–H groups in total. The molecule has 5 aromatic heterocycles. The number of benzene rings is 9. The minimum atomic E-state index is 0.923. The van der Waals surface area contributed by atoms with Gasteiger partial charge in [0.25, 0.3) is 0 Å². The fourth-order valence-corrected chi connectivity index (χ4v) is 10.6. The van der Waals surface area contributed by atoms with Gasteiger partial charge in [-0.05, 0) is 101 Å². The second-order valence-corrected chi connectivity index (χ2v) is 16.8. The molecule has 0 aliphatic carbocycles. The molecule has 0 saturated heterocycles. The summed E-state index contributed by atoms with van der Waals surface area (Å²) in [7, 11) is 0. The van der Waals surface area contributed by atoms with Crippen molar-refractivity contribution in [1.29, 1.82) is 0 Å². The molecule has 0 spiro atoms. The molecule has 0 fully saturated rings. The Hall–Kier alpha value is -8.47. The summed E-state index contributed by atoms with van der Waals surface area (Å²) in [5, 5.41) is 7.49. The van der Waals surface area contributed by atoms with Crippen LogP contribution in [0.3, 0.4) is 0 Å². The van der Waals surface area contributed by atoms with Gasteiger partial charge in [-0.1, -0.05) is 140 Å². The molecule has 9 aromatic carbocycles. The fraction of sp³-hybridized carbons (Fsp3) is 0. The Morgan fingerprint density at radius 3 is 1.24 bits per heavy atom. The number of hydrogen-bond acceptors (Lipinski definition) is 1. The van der Waals surface area contributed by atoms with Crippen LogP contribution in [0.1, 0.15) is 0 Å².